The number of rotatable bonds is 5. The largest absolute Gasteiger partial charge is 0.323 e. The molecular formula is C9H13F2N3OS. The van der Waals surface area contributed by atoms with Gasteiger partial charge in [-0.15, -0.1) is 0 Å². The molecule has 0 aromatic carbocycles. The van der Waals surface area contributed by atoms with Gasteiger partial charge in [0, 0.05) is 6.42 Å². The van der Waals surface area contributed by atoms with E-state index in [1.807, 2.05) is 0 Å². The molecule has 0 spiro atoms. The Morgan fingerprint density at radius 1 is 1.69 bits per heavy atom. The number of hydrogen-bond donors (Lipinski definition) is 2. The lowest BCUT2D eigenvalue weighted by Gasteiger charge is -2.05. The summed E-state index contributed by atoms with van der Waals surface area (Å²) in [6.45, 7) is 1.17. The van der Waals surface area contributed by atoms with Crippen LogP contribution in [0.25, 0.3) is 0 Å². The molecule has 1 N–H and O–H groups in total. The summed E-state index contributed by atoms with van der Waals surface area (Å²) >= 11 is 3.92. The number of thiol groups is 1. The van der Waals surface area contributed by atoms with Gasteiger partial charge in [0.2, 0.25) is 5.91 Å². The number of carbonyl (C=O) groups is 1. The molecule has 1 aromatic rings. The second-order valence-electron chi connectivity index (χ2n) is 3.24. The fourth-order valence-electron chi connectivity index (χ4n) is 1.20. The van der Waals surface area contributed by atoms with E-state index in [0.717, 1.165) is 0 Å². The molecule has 0 fully saturated rings. The van der Waals surface area contributed by atoms with Crippen molar-refractivity contribution in [2.75, 3.05) is 11.1 Å². The molecule has 90 valence electrons. The lowest BCUT2D eigenvalue weighted by Crippen LogP contribution is -2.13. The highest BCUT2D eigenvalue weighted by Crippen LogP contribution is 2.15. The quantitative estimate of drug-likeness (QED) is 0.780. The van der Waals surface area contributed by atoms with Crippen molar-refractivity contribution in [3.05, 3.63) is 11.9 Å². The van der Waals surface area contributed by atoms with E-state index in [4.69, 9.17) is 0 Å². The van der Waals surface area contributed by atoms with Crippen molar-refractivity contribution in [1.29, 1.82) is 0 Å². The molecule has 1 heterocycles. The fraction of sp³-hybridized carbons (Fsp3) is 0.556. The van der Waals surface area contributed by atoms with Crippen LogP contribution in [0.15, 0.2) is 6.20 Å². The molecule has 0 unspecified atom stereocenters. The van der Waals surface area contributed by atoms with Crippen LogP contribution >= 0.6 is 12.6 Å². The number of carbonyl (C=O) groups excluding carboxylic acids is 1. The second-order valence-corrected chi connectivity index (χ2v) is 3.69. The van der Waals surface area contributed by atoms with Gasteiger partial charge in [0.25, 0.3) is 6.43 Å². The minimum absolute atomic E-state index is 0.199. The Kier molecular flexibility index (Phi) is 4.72. The summed E-state index contributed by atoms with van der Waals surface area (Å²) in [6.07, 6.45) is -0.809. The van der Waals surface area contributed by atoms with Gasteiger partial charge in [-0.25, -0.2) is 8.78 Å². The minimum Gasteiger partial charge on any atom is -0.323 e. The van der Waals surface area contributed by atoms with E-state index in [-0.39, 0.29) is 12.3 Å². The maximum absolute atomic E-state index is 12.1. The third-order valence-electron chi connectivity index (χ3n) is 2.03. The zero-order valence-electron chi connectivity index (χ0n) is 8.78. The summed E-state index contributed by atoms with van der Waals surface area (Å²) in [5.74, 6) is 0.241. The van der Waals surface area contributed by atoms with Gasteiger partial charge in [0.1, 0.15) is 6.54 Å². The first-order valence-electron chi connectivity index (χ1n) is 4.76. The van der Waals surface area contributed by atoms with Gasteiger partial charge in [0.15, 0.2) is 0 Å². The van der Waals surface area contributed by atoms with Crippen LogP contribution in [0.2, 0.25) is 0 Å². The van der Waals surface area contributed by atoms with Crippen LogP contribution in [0.3, 0.4) is 0 Å². The number of alkyl halides is 2. The molecule has 7 heteroatoms. The molecule has 16 heavy (non-hydrogen) atoms. The van der Waals surface area contributed by atoms with Gasteiger partial charge in [-0.05, 0) is 12.7 Å². The lowest BCUT2D eigenvalue weighted by atomic mass is 10.3. The van der Waals surface area contributed by atoms with Gasteiger partial charge in [-0.2, -0.15) is 17.7 Å². The van der Waals surface area contributed by atoms with Crippen LogP contribution in [0.5, 0.6) is 0 Å². The zero-order chi connectivity index (χ0) is 12.1. The van der Waals surface area contributed by atoms with Crippen LogP contribution < -0.4 is 5.32 Å². The summed E-state index contributed by atoms with van der Waals surface area (Å²) in [7, 11) is 0. The number of hydrogen-bond acceptors (Lipinski definition) is 3. The molecule has 1 rings (SSSR count). The molecule has 0 aliphatic carbocycles. The Bertz CT molecular complexity index is 368. The van der Waals surface area contributed by atoms with E-state index >= 15 is 0 Å². The molecule has 4 nitrogen and oxygen atoms in total. The summed E-state index contributed by atoms with van der Waals surface area (Å²) in [5, 5.41) is 6.36. The van der Waals surface area contributed by atoms with Crippen molar-refractivity contribution in [3.63, 3.8) is 0 Å². The summed E-state index contributed by atoms with van der Waals surface area (Å²) < 4.78 is 25.4. The van der Waals surface area contributed by atoms with Gasteiger partial charge < -0.3 is 5.32 Å². The van der Waals surface area contributed by atoms with Crippen molar-refractivity contribution in [2.45, 2.75) is 26.3 Å². The molecule has 0 aliphatic heterocycles. The average molecular weight is 249 g/mol. The Balaban J connectivity index is 2.68. The van der Waals surface area contributed by atoms with Gasteiger partial charge in [0.05, 0.1) is 17.6 Å². The van der Waals surface area contributed by atoms with Gasteiger partial charge in [-0.1, -0.05) is 0 Å². The van der Waals surface area contributed by atoms with E-state index in [9.17, 15) is 13.6 Å². The van der Waals surface area contributed by atoms with Crippen LogP contribution in [-0.2, 0) is 11.3 Å². The number of aromatic nitrogens is 2. The van der Waals surface area contributed by atoms with Crippen molar-refractivity contribution in [1.82, 2.24) is 9.78 Å². The molecule has 0 atom stereocenters. The summed E-state index contributed by atoms with van der Waals surface area (Å²) in [4.78, 5) is 11.3. The molecule has 1 amide bonds. The van der Waals surface area contributed by atoms with Gasteiger partial charge in [-0.3, -0.25) is 9.48 Å². The van der Waals surface area contributed by atoms with Crippen molar-refractivity contribution in [3.8, 4) is 0 Å². The zero-order valence-corrected chi connectivity index (χ0v) is 9.68. The van der Waals surface area contributed by atoms with Crippen LogP contribution in [0, 0.1) is 6.92 Å². The Morgan fingerprint density at radius 2 is 2.38 bits per heavy atom. The van der Waals surface area contributed by atoms with Crippen LogP contribution in [0.1, 0.15) is 12.1 Å². The monoisotopic (exact) mass is 249 g/mol. The van der Waals surface area contributed by atoms with Crippen LogP contribution in [0.4, 0.5) is 14.5 Å². The van der Waals surface area contributed by atoms with E-state index in [0.29, 0.717) is 17.1 Å². The average Bonchev–Trinajstić information content (AvgIpc) is 2.50. The number of nitrogens with one attached hydrogen (secondary N) is 1. The molecule has 0 bridgehead atoms. The Morgan fingerprint density at radius 3 is 2.94 bits per heavy atom. The van der Waals surface area contributed by atoms with E-state index in [2.05, 4.69) is 23.0 Å². The Hall–Kier alpha value is -1.11. The third kappa shape index (κ3) is 3.48. The molecule has 0 saturated carbocycles. The lowest BCUT2D eigenvalue weighted by molar-refractivity contribution is -0.115. The molecular weight excluding hydrogens is 236 g/mol. The Labute approximate surface area is 97.4 Å². The normalized spacial score (nSPS) is 10.8. The molecule has 0 radical (unpaired) electrons. The van der Waals surface area contributed by atoms with Crippen molar-refractivity contribution < 1.29 is 13.6 Å². The van der Waals surface area contributed by atoms with Crippen molar-refractivity contribution in [2.24, 2.45) is 0 Å². The second kappa shape index (κ2) is 5.83. The maximum Gasteiger partial charge on any atom is 0.257 e. The number of halogens is 2. The van der Waals surface area contributed by atoms with E-state index < -0.39 is 13.0 Å². The highest BCUT2D eigenvalue weighted by Gasteiger charge is 2.12. The summed E-state index contributed by atoms with van der Waals surface area (Å²) in [5.41, 5.74) is 0.986. The van der Waals surface area contributed by atoms with E-state index in [1.54, 1.807) is 6.92 Å². The summed E-state index contributed by atoms with van der Waals surface area (Å²) in [6, 6.07) is 0. The van der Waals surface area contributed by atoms with Crippen LogP contribution in [-0.4, -0.2) is 27.9 Å². The fourth-order valence-corrected chi connectivity index (χ4v) is 1.40. The predicted octanol–water partition coefficient (Wildman–Crippen LogP) is 1.72. The number of anilines is 1. The molecule has 0 saturated heterocycles. The first kappa shape index (κ1) is 13.0. The number of nitrogens with zero attached hydrogens (tertiary/aromatic N) is 2. The standard InChI is InChI=1S/C9H13F2N3OS/c1-6-7(13-9(15)2-3-16)4-12-14(6)5-8(10)11/h4,8,16H,2-3,5H2,1H3,(H,13,15). The topological polar surface area (TPSA) is 46.9 Å². The van der Waals surface area contributed by atoms with Gasteiger partial charge >= 0.3 is 0 Å². The maximum atomic E-state index is 12.1. The molecule has 0 aliphatic rings. The first-order valence-corrected chi connectivity index (χ1v) is 5.39. The highest BCUT2D eigenvalue weighted by molar-refractivity contribution is 7.80. The SMILES string of the molecule is Cc1c(NC(=O)CCS)cnn1CC(F)F. The first-order chi connectivity index (χ1) is 7.54. The van der Waals surface area contributed by atoms with E-state index in [1.165, 1.54) is 10.9 Å². The number of amides is 1. The minimum atomic E-state index is -2.46. The molecule has 1 aromatic heterocycles. The smallest absolute Gasteiger partial charge is 0.257 e. The van der Waals surface area contributed by atoms with Crippen molar-refractivity contribution >= 4 is 24.2 Å². The third-order valence-corrected chi connectivity index (χ3v) is 2.25. The highest BCUT2D eigenvalue weighted by atomic mass is 32.1. The predicted molar refractivity (Wildman–Crippen MR) is 60.1 cm³/mol.